The molecule has 0 unspecified atom stereocenters. The van der Waals surface area contributed by atoms with Crippen molar-refractivity contribution in [3.8, 4) is 0 Å². The summed E-state index contributed by atoms with van der Waals surface area (Å²) in [7, 11) is 2.01. The van der Waals surface area contributed by atoms with E-state index in [0.29, 0.717) is 29.2 Å². The second-order valence-electron chi connectivity index (χ2n) is 8.41. The molecule has 5 rings (SSSR count). The summed E-state index contributed by atoms with van der Waals surface area (Å²) in [6.45, 7) is 0. The monoisotopic (exact) mass is 405 g/mol. The van der Waals surface area contributed by atoms with Crippen LogP contribution in [-0.4, -0.2) is 15.7 Å². The normalized spacial score (nSPS) is 23.2. The Kier molecular flexibility index (Phi) is 4.67. The highest BCUT2D eigenvalue weighted by Gasteiger charge is 2.39. The minimum Gasteiger partial charge on any atom is -0.326 e. The number of para-hydroxylation sites is 1. The predicted molar refractivity (Wildman–Crippen MR) is 118 cm³/mol. The largest absolute Gasteiger partial charge is 0.326 e. The number of allylic oxidation sites excluding steroid dienone is 2. The molecular weight excluding hydrogens is 382 g/mol. The number of rotatable bonds is 4. The zero-order chi connectivity index (χ0) is 20.0. The van der Waals surface area contributed by atoms with Gasteiger partial charge in [-0.1, -0.05) is 35.9 Å². The quantitative estimate of drug-likeness (QED) is 0.606. The number of amides is 1. The molecule has 5 heteroatoms. The lowest BCUT2D eigenvalue weighted by atomic mass is 9.96. The van der Waals surface area contributed by atoms with Crippen LogP contribution in [0.1, 0.15) is 31.4 Å². The third-order valence-corrected chi connectivity index (χ3v) is 6.66. The van der Waals surface area contributed by atoms with Crippen molar-refractivity contribution in [2.75, 3.05) is 5.32 Å². The first kappa shape index (κ1) is 18.4. The molecule has 2 aliphatic carbocycles. The molecule has 1 heterocycles. The minimum atomic E-state index is 0.0946. The number of carbonyl (C=O) groups is 1. The molecule has 0 saturated heterocycles. The zero-order valence-electron chi connectivity index (χ0n) is 16.4. The van der Waals surface area contributed by atoms with Gasteiger partial charge in [0, 0.05) is 29.6 Å². The van der Waals surface area contributed by atoms with E-state index in [1.165, 1.54) is 16.5 Å². The third-order valence-electron chi connectivity index (χ3n) is 6.41. The van der Waals surface area contributed by atoms with Gasteiger partial charge in [0.15, 0.2) is 0 Å². The van der Waals surface area contributed by atoms with Crippen LogP contribution in [0.3, 0.4) is 0 Å². The maximum atomic E-state index is 12.4. The Morgan fingerprint density at radius 2 is 1.97 bits per heavy atom. The highest BCUT2D eigenvalue weighted by molar-refractivity contribution is 6.30. The summed E-state index contributed by atoms with van der Waals surface area (Å²) >= 11 is 5.91. The molecule has 1 aromatic heterocycles. The molecule has 2 aromatic carbocycles. The van der Waals surface area contributed by atoms with Crippen molar-refractivity contribution in [3.63, 3.8) is 0 Å². The fraction of sp³-hybridized carbons (Fsp3) is 0.333. The lowest BCUT2D eigenvalue weighted by Crippen LogP contribution is -2.15. The summed E-state index contributed by atoms with van der Waals surface area (Å²) in [5.41, 5.74) is 4.49. The zero-order valence-corrected chi connectivity index (χ0v) is 17.2. The van der Waals surface area contributed by atoms with E-state index in [9.17, 15) is 4.79 Å². The molecule has 3 aromatic rings. The molecule has 4 nitrogen and oxygen atoms in total. The SMILES string of the molecule is Cn1nc(C2=C[C@@H]3C[C@H](CC(=O)Nc4ccc(Cl)cc4)C[C@@H]3C2)c2ccccc21. The van der Waals surface area contributed by atoms with Crippen molar-refractivity contribution < 1.29 is 4.79 Å². The first-order valence-electron chi connectivity index (χ1n) is 10.2. The van der Waals surface area contributed by atoms with E-state index in [2.05, 4.69) is 35.7 Å². The van der Waals surface area contributed by atoms with E-state index < -0.39 is 0 Å². The summed E-state index contributed by atoms with van der Waals surface area (Å²) in [6.07, 6.45) is 6.29. The number of aryl methyl sites for hydroxylation is 1. The van der Waals surface area contributed by atoms with Gasteiger partial charge >= 0.3 is 0 Å². The molecule has 29 heavy (non-hydrogen) atoms. The number of carbonyl (C=O) groups excluding carboxylic acids is 1. The van der Waals surface area contributed by atoms with Gasteiger partial charge < -0.3 is 5.32 Å². The van der Waals surface area contributed by atoms with E-state index in [0.717, 1.165) is 30.6 Å². The number of nitrogens with zero attached hydrogens (tertiary/aromatic N) is 2. The molecule has 1 N–H and O–H groups in total. The van der Waals surface area contributed by atoms with E-state index in [1.807, 2.05) is 23.9 Å². The van der Waals surface area contributed by atoms with Crippen molar-refractivity contribution in [1.82, 2.24) is 9.78 Å². The van der Waals surface area contributed by atoms with Crippen molar-refractivity contribution in [3.05, 3.63) is 65.3 Å². The van der Waals surface area contributed by atoms with Gasteiger partial charge in [-0.05, 0) is 72.9 Å². The maximum Gasteiger partial charge on any atom is 0.224 e. The van der Waals surface area contributed by atoms with Crippen LogP contribution >= 0.6 is 11.6 Å². The Hall–Kier alpha value is -2.59. The second-order valence-corrected chi connectivity index (χ2v) is 8.84. The number of fused-ring (bicyclic) bond motifs is 2. The summed E-state index contributed by atoms with van der Waals surface area (Å²) in [6, 6.07) is 15.7. The average molecular weight is 406 g/mol. The first-order chi connectivity index (χ1) is 14.1. The second kappa shape index (κ2) is 7.34. The maximum absolute atomic E-state index is 12.4. The van der Waals surface area contributed by atoms with E-state index >= 15 is 0 Å². The van der Waals surface area contributed by atoms with Gasteiger partial charge in [0.25, 0.3) is 0 Å². The van der Waals surface area contributed by atoms with Crippen LogP contribution in [0.5, 0.6) is 0 Å². The van der Waals surface area contributed by atoms with Crippen LogP contribution in [0, 0.1) is 17.8 Å². The lowest BCUT2D eigenvalue weighted by Gasteiger charge is -2.12. The van der Waals surface area contributed by atoms with Gasteiger partial charge in [-0.25, -0.2) is 0 Å². The van der Waals surface area contributed by atoms with Gasteiger partial charge in [0.05, 0.1) is 11.2 Å². The molecule has 148 valence electrons. The number of anilines is 1. The fourth-order valence-electron chi connectivity index (χ4n) is 5.12. The van der Waals surface area contributed by atoms with Gasteiger partial charge in [-0.15, -0.1) is 0 Å². The number of benzene rings is 2. The van der Waals surface area contributed by atoms with Crippen molar-refractivity contribution in [2.45, 2.75) is 25.7 Å². The molecule has 0 spiro atoms. The Morgan fingerprint density at radius 1 is 1.17 bits per heavy atom. The summed E-state index contributed by atoms with van der Waals surface area (Å²) in [5.74, 6) is 1.76. The Labute approximate surface area is 175 Å². The van der Waals surface area contributed by atoms with Crippen LogP contribution in [0.2, 0.25) is 5.02 Å². The topological polar surface area (TPSA) is 46.9 Å². The molecule has 0 radical (unpaired) electrons. The highest BCUT2D eigenvalue weighted by atomic mass is 35.5. The number of hydrogen-bond acceptors (Lipinski definition) is 2. The summed E-state index contributed by atoms with van der Waals surface area (Å²) in [4.78, 5) is 12.4. The number of nitrogens with one attached hydrogen (secondary N) is 1. The Balaban J connectivity index is 1.24. The fourth-order valence-corrected chi connectivity index (χ4v) is 5.25. The molecule has 1 saturated carbocycles. The average Bonchev–Trinajstić information content (AvgIpc) is 3.35. The van der Waals surface area contributed by atoms with E-state index in [-0.39, 0.29) is 5.91 Å². The van der Waals surface area contributed by atoms with Gasteiger partial charge in [0.1, 0.15) is 0 Å². The van der Waals surface area contributed by atoms with Gasteiger partial charge in [-0.3, -0.25) is 9.48 Å². The molecule has 0 bridgehead atoms. The molecular formula is C24H24ClN3O. The van der Waals surface area contributed by atoms with Crippen LogP contribution in [-0.2, 0) is 11.8 Å². The number of hydrogen-bond donors (Lipinski definition) is 1. The van der Waals surface area contributed by atoms with Gasteiger partial charge in [0.2, 0.25) is 5.91 Å². The van der Waals surface area contributed by atoms with Crippen molar-refractivity contribution in [1.29, 1.82) is 0 Å². The first-order valence-corrected chi connectivity index (χ1v) is 10.6. The smallest absolute Gasteiger partial charge is 0.224 e. The standard InChI is InChI=1S/C24H24ClN3O/c1-28-22-5-3-2-4-21(22)24(27-28)18-13-16-10-15(11-17(16)14-18)12-23(29)26-20-8-6-19(25)7-9-20/h2-9,13,15-17H,10-12,14H2,1H3,(H,26,29)/t15-,16-,17+/m0/s1. The Bertz CT molecular complexity index is 1100. The van der Waals surface area contributed by atoms with Crippen molar-refractivity contribution >= 4 is 39.7 Å². The summed E-state index contributed by atoms with van der Waals surface area (Å²) < 4.78 is 1.98. The van der Waals surface area contributed by atoms with Crippen LogP contribution in [0.4, 0.5) is 5.69 Å². The van der Waals surface area contributed by atoms with E-state index in [4.69, 9.17) is 16.7 Å². The highest BCUT2D eigenvalue weighted by Crippen LogP contribution is 2.49. The molecule has 3 atom stereocenters. The van der Waals surface area contributed by atoms with Crippen molar-refractivity contribution in [2.24, 2.45) is 24.8 Å². The number of aromatic nitrogens is 2. The van der Waals surface area contributed by atoms with Crippen LogP contribution in [0.25, 0.3) is 16.5 Å². The predicted octanol–water partition coefficient (Wildman–Crippen LogP) is 5.69. The third kappa shape index (κ3) is 3.58. The minimum absolute atomic E-state index is 0.0946. The Morgan fingerprint density at radius 3 is 2.76 bits per heavy atom. The van der Waals surface area contributed by atoms with Crippen LogP contribution < -0.4 is 5.32 Å². The van der Waals surface area contributed by atoms with E-state index in [1.54, 1.807) is 12.1 Å². The number of halogens is 1. The molecule has 0 aliphatic heterocycles. The van der Waals surface area contributed by atoms with Crippen LogP contribution in [0.15, 0.2) is 54.6 Å². The molecule has 1 fully saturated rings. The van der Waals surface area contributed by atoms with Gasteiger partial charge in [-0.2, -0.15) is 5.10 Å². The lowest BCUT2D eigenvalue weighted by molar-refractivity contribution is -0.117. The molecule has 2 aliphatic rings. The summed E-state index contributed by atoms with van der Waals surface area (Å²) in [5, 5.41) is 9.70. The molecule has 1 amide bonds.